The standard InChI is InChI=1S/C24H20N2O5S/c1-3-17-19(23(30)31-2)20(14-9-5-4-6-10-14)26-21(27)18(32-24(26)25-17)13-15-11-7-8-12-16(15)22(28)29/h4-13,20H,3H2,1-2H3,(H,28,29)/b18-13+/t20-/m0/s1. The fraction of sp³-hybridized carbons (Fsp3) is 0.167. The smallest absolute Gasteiger partial charge is 0.338 e. The van der Waals surface area contributed by atoms with Crippen molar-refractivity contribution in [1.29, 1.82) is 0 Å². The molecule has 0 spiro atoms. The molecular formula is C24H20N2O5S. The highest BCUT2D eigenvalue weighted by Crippen LogP contribution is 2.31. The van der Waals surface area contributed by atoms with Gasteiger partial charge >= 0.3 is 11.9 Å². The molecule has 3 aromatic rings. The number of carbonyl (C=O) groups excluding carboxylic acids is 1. The van der Waals surface area contributed by atoms with Gasteiger partial charge in [-0.3, -0.25) is 9.36 Å². The van der Waals surface area contributed by atoms with E-state index in [0.717, 1.165) is 5.56 Å². The van der Waals surface area contributed by atoms with E-state index < -0.39 is 18.0 Å². The van der Waals surface area contributed by atoms with Crippen LogP contribution in [0.2, 0.25) is 0 Å². The van der Waals surface area contributed by atoms with Gasteiger partial charge in [-0.15, -0.1) is 0 Å². The predicted molar refractivity (Wildman–Crippen MR) is 120 cm³/mol. The third kappa shape index (κ3) is 3.69. The van der Waals surface area contributed by atoms with E-state index in [-0.39, 0.29) is 11.1 Å². The van der Waals surface area contributed by atoms with Crippen molar-refractivity contribution < 1.29 is 19.4 Å². The van der Waals surface area contributed by atoms with Crippen LogP contribution < -0.4 is 14.9 Å². The second-order valence-electron chi connectivity index (χ2n) is 7.09. The third-order valence-corrected chi connectivity index (χ3v) is 6.23. The van der Waals surface area contributed by atoms with Gasteiger partial charge in [-0.05, 0) is 29.7 Å². The van der Waals surface area contributed by atoms with Gasteiger partial charge in [0.1, 0.15) is 0 Å². The second-order valence-corrected chi connectivity index (χ2v) is 8.10. The fourth-order valence-electron chi connectivity index (χ4n) is 3.77. The molecule has 0 saturated carbocycles. The average molecular weight is 449 g/mol. The van der Waals surface area contributed by atoms with E-state index in [0.29, 0.717) is 32.6 Å². The molecule has 1 N–H and O–H groups in total. The number of hydrogen-bond acceptors (Lipinski definition) is 6. The maximum absolute atomic E-state index is 13.5. The minimum Gasteiger partial charge on any atom is -0.478 e. The number of methoxy groups -OCH3 is 1. The summed E-state index contributed by atoms with van der Waals surface area (Å²) in [7, 11) is 1.30. The molecule has 0 amide bonds. The van der Waals surface area contributed by atoms with Crippen molar-refractivity contribution in [3.8, 4) is 0 Å². The minimum atomic E-state index is -1.08. The summed E-state index contributed by atoms with van der Waals surface area (Å²) >= 11 is 1.17. The molecule has 7 nitrogen and oxygen atoms in total. The average Bonchev–Trinajstić information content (AvgIpc) is 3.12. The van der Waals surface area contributed by atoms with Crippen molar-refractivity contribution in [2.75, 3.05) is 7.11 Å². The normalized spacial score (nSPS) is 15.8. The summed E-state index contributed by atoms with van der Waals surface area (Å²) in [6.07, 6.45) is 2.05. The molecule has 2 aromatic carbocycles. The van der Waals surface area contributed by atoms with E-state index >= 15 is 0 Å². The highest BCUT2D eigenvalue weighted by Gasteiger charge is 2.33. The number of ether oxygens (including phenoxy) is 1. The summed E-state index contributed by atoms with van der Waals surface area (Å²) < 4.78 is 6.85. The number of carboxylic acid groups (broad SMARTS) is 1. The van der Waals surface area contributed by atoms with Gasteiger partial charge in [0.25, 0.3) is 5.56 Å². The first-order valence-corrected chi connectivity index (χ1v) is 10.8. The summed E-state index contributed by atoms with van der Waals surface area (Å²) in [4.78, 5) is 42.9. The first-order chi connectivity index (χ1) is 15.5. The molecule has 0 bridgehead atoms. The van der Waals surface area contributed by atoms with Crippen molar-refractivity contribution in [1.82, 2.24) is 4.57 Å². The molecule has 1 atom stereocenters. The van der Waals surface area contributed by atoms with Crippen molar-refractivity contribution in [3.05, 3.63) is 102 Å². The Morgan fingerprint density at radius 1 is 1.16 bits per heavy atom. The van der Waals surface area contributed by atoms with Crippen LogP contribution in [0.1, 0.15) is 40.9 Å². The van der Waals surface area contributed by atoms with Gasteiger partial charge in [0, 0.05) is 0 Å². The maximum atomic E-state index is 13.5. The van der Waals surface area contributed by atoms with Gasteiger partial charge < -0.3 is 9.84 Å². The quantitative estimate of drug-likeness (QED) is 0.605. The Kier molecular flexibility index (Phi) is 5.87. The lowest BCUT2D eigenvalue weighted by molar-refractivity contribution is -0.136. The van der Waals surface area contributed by atoms with Gasteiger partial charge in [0.15, 0.2) is 4.80 Å². The number of carboxylic acids is 1. The zero-order valence-corrected chi connectivity index (χ0v) is 18.3. The molecule has 1 aliphatic heterocycles. The van der Waals surface area contributed by atoms with Crippen molar-refractivity contribution >= 4 is 29.4 Å². The molecule has 0 radical (unpaired) electrons. The highest BCUT2D eigenvalue weighted by molar-refractivity contribution is 7.07. The second kappa shape index (κ2) is 8.76. The van der Waals surface area contributed by atoms with Gasteiger partial charge in [0.05, 0.1) is 34.5 Å². The number of hydrogen-bond donors (Lipinski definition) is 1. The topological polar surface area (TPSA) is 98.0 Å². The van der Waals surface area contributed by atoms with Crippen molar-refractivity contribution in [3.63, 3.8) is 0 Å². The summed E-state index contributed by atoms with van der Waals surface area (Å²) in [6.45, 7) is 1.89. The SMILES string of the molecule is CCC1=C(C(=O)OC)[C@H](c2ccccc2)n2c(s/c(=C/c3ccccc3C(=O)O)c2=O)=N1. The number of aromatic carboxylic acids is 1. The molecule has 8 heteroatoms. The number of nitrogens with zero attached hydrogens (tertiary/aromatic N) is 2. The Hall–Kier alpha value is -3.78. The van der Waals surface area contributed by atoms with Gasteiger partial charge in [0.2, 0.25) is 0 Å². The lowest BCUT2D eigenvalue weighted by atomic mass is 9.95. The van der Waals surface area contributed by atoms with Crippen LogP contribution in [-0.4, -0.2) is 28.7 Å². The highest BCUT2D eigenvalue weighted by atomic mass is 32.1. The number of carbonyl (C=O) groups is 2. The molecule has 1 aliphatic rings. The molecule has 162 valence electrons. The summed E-state index contributed by atoms with van der Waals surface area (Å²) in [5.74, 6) is -1.61. The molecule has 0 aliphatic carbocycles. The van der Waals surface area contributed by atoms with Crippen LogP contribution in [-0.2, 0) is 9.53 Å². The summed E-state index contributed by atoms with van der Waals surface area (Å²) in [5.41, 5.74) is 1.81. The van der Waals surface area contributed by atoms with E-state index in [1.807, 2.05) is 37.3 Å². The van der Waals surface area contributed by atoms with E-state index in [4.69, 9.17) is 4.74 Å². The predicted octanol–water partition coefficient (Wildman–Crippen LogP) is 2.50. The van der Waals surface area contributed by atoms with Gasteiger partial charge in [-0.1, -0.05) is 66.8 Å². The Balaban J connectivity index is 2.02. The number of fused-ring (bicyclic) bond motifs is 1. The van der Waals surface area contributed by atoms with Crippen LogP contribution in [0.4, 0.5) is 0 Å². The van der Waals surface area contributed by atoms with Crippen LogP contribution in [0.3, 0.4) is 0 Å². The molecule has 2 heterocycles. The first-order valence-electron chi connectivity index (χ1n) is 9.96. The molecule has 0 saturated heterocycles. The van der Waals surface area contributed by atoms with Crippen LogP contribution in [0.15, 0.2) is 75.7 Å². The summed E-state index contributed by atoms with van der Waals surface area (Å²) in [5, 5.41) is 9.48. The minimum absolute atomic E-state index is 0.0995. The third-order valence-electron chi connectivity index (χ3n) is 5.24. The number of aromatic nitrogens is 1. The van der Waals surface area contributed by atoms with Crippen molar-refractivity contribution in [2.45, 2.75) is 19.4 Å². The van der Waals surface area contributed by atoms with Crippen LogP contribution in [0.25, 0.3) is 6.08 Å². The molecular weight excluding hydrogens is 428 g/mol. The van der Waals surface area contributed by atoms with E-state index in [1.54, 1.807) is 24.3 Å². The molecule has 0 fully saturated rings. The zero-order chi connectivity index (χ0) is 22.8. The van der Waals surface area contributed by atoms with Crippen molar-refractivity contribution in [2.24, 2.45) is 4.99 Å². The molecule has 0 unspecified atom stereocenters. The zero-order valence-electron chi connectivity index (χ0n) is 17.4. The van der Waals surface area contributed by atoms with Crippen LogP contribution in [0, 0.1) is 0 Å². The van der Waals surface area contributed by atoms with Crippen LogP contribution in [0.5, 0.6) is 0 Å². The Bertz CT molecular complexity index is 1420. The number of benzene rings is 2. The van der Waals surface area contributed by atoms with Crippen LogP contribution >= 0.6 is 11.3 Å². The number of thiazole rings is 1. The van der Waals surface area contributed by atoms with E-state index in [2.05, 4.69) is 4.99 Å². The Labute approximate surface area is 187 Å². The summed E-state index contributed by atoms with van der Waals surface area (Å²) in [6, 6.07) is 15.0. The maximum Gasteiger partial charge on any atom is 0.338 e. The van der Waals surface area contributed by atoms with Gasteiger partial charge in [-0.25, -0.2) is 14.6 Å². The van der Waals surface area contributed by atoms with E-state index in [1.165, 1.54) is 29.1 Å². The number of esters is 1. The lowest BCUT2D eigenvalue weighted by Gasteiger charge is -2.25. The fourth-order valence-corrected chi connectivity index (χ4v) is 4.78. The number of allylic oxidation sites excluding steroid dienone is 1. The Morgan fingerprint density at radius 3 is 2.50 bits per heavy atom. The van der Waals surface area contributed by atoms with E-state index in [9.17, 15) is 19.5 Å². The Morgan fingerprint density at radius 2 is 1.84 bits per heavy atom. The van der Waals surface area contributed by atoms with Gasteiger partial charge in [-0.2, -0.15) is 0 Å². The number of rotatable bonds is 5. The monoisotopic (exact) mass is 448 g/mol. The lowest BCUT2D eigenvalue weighted by Crippen LogP contribution is -2.40. The molecule has 4 rings (SSSR count). The molecule has 32 heavy (non-hydrogen) atoms. The molecule has 1 aromatic heterocycles. The largest absolute Gasteiger partial charge is 0.478 e. The first kappa shape index (κ1) is 21.5.